The molecule has 0 aliphatic carbocycles. The van der Waals surface area contributed by atoms with Crippen LogP contribution in [0.25, 0.3) is 0 Å². The fourth-order valence-electron chi connectivity index (χ4n) is 2.04. The third kappa shape index (κ3) is 3.01. The van der Waals surface area contributed by atoms with Crippen molar-refractivity contribution in [2.45, 2.75) is 19.9 Å². The second kappa shape index (κ2) is 5.68. The third-order valence-electron chi connectivity index (χ3n) is 3.10. The average Bonchev–Trinajstić information content (AvgIpc) is 2.64. The van der Waals surface area contributed by atoms with Gasteiger partial charge in [-0.1, -0.05) is 30.9 Å². The van der Waals surface area contributed by atoms with Crippen molar-refractivity contribution in [3.63, 3.8) is 0 Å². The van der Waals surface area contributed by atoms with Gasteiger partial charge in [0.2, 0.25) is 11.8 Å². The van der Waals surface area contributed by atoms with E-state index in [1.165, 1.54) is 4.90 Å². The van der Waals surface area contributed by atoms with Crippen molar-refractivity contribution in [3.05, 3.63) is 35.4 Å². The Balaban J connectivity index is 2.08. The van der Waals surface area contributed by atoms with Crippen molar-refractivity contribution in [3.8, 4) is 11.8 Å². The second-order valence-electron chi connectivity index (χ2n) is 4.63. The quantitative estimate of drug-likeness (QED) is 0.631. The summed E-state index contributed by atoms with van der Waals surface area (Å²) < 4.78 is 0. The fraction of sp³-hybridized carbons (Fsp3) is 0.333. The minimum absolute atomic E-state index is 0.0861. The molecule has 2 amide bonds. The lowest BCUT2D eigenvalue weighted by Gasteiger charge is -2.14. The van der Waals surface area contributed by atoms with E-state index in [1.807, 2.05) is 24.3 Å². The summed E-state index contributed by atoms with van der Waals surface area (Å²) in [7, 11) is 0. The molecule has 0 spiro atoms. The molecule has 1 aliphatic heterocycles. The average molecular weight is 256 g/mol. The summed E-state index contributed by atoms with van der Waals surface area (Å²) in [6, 6.07) is 7.49. The van der Waals surface area contributed by atoms with Crippen LogP contribution in [0.15, 0.2) is 24.3 Å². The molecule has 0 saturated carbocycles. The molecular formula is C15H16N2O2. The predicted molar refractivity (Wildman–Crippen MR) is 71.7 cm³/mol. The van der Waals surface area contributed by atoms with E-state index in [0.717, 1.165) is 11.1 Å². The molecule has 1 aromatic rings. The Morgan fingerprint density at radius 1 is 1.32 bits per heavy atom. The van der Waals surface area contributed by atoms with Gasteiger partial charge in [0.1, 0.15) is 0 Å². The summed E-state index contributed by atoms with van der Waals surface area (Å²) in [4.78, 5) is 24.8. The van der Waals surface area contributed by atoms with Crippen molar-refractivity contribution in [1.29, 1.82) is 0 Å². The largest absolute Gasteiger partial charge is 0.320 e. The number of imide groups is 1. The van der Waals surface area contributed by atoms with E-state index < -0.39 is 0 Å². The van der Waals surface area contributed by atoms with Gasteiger partial charge < -0.3 is 5.73 Å². The highest BCUT2D eigenvalue weighted by atomic mass is 16.2. The van der Waals surface area contributed by atoms with Crippen LogP contribution >= 0.6 is 0 Å². The summed E-state index contributed by atoms with van der Waals surface area (Å²) in [5, 5.41) is 0. The van der Waals surface area contributed by atoms with E-state index in [0.29, 0.717) is 19.5 Å². The van der Waals surface area contributed by atoms with Gasteiger partial charge >= 0.3 is 0 Å². The van der Waals surface area contributed by atoms with E-state index >= 15 is 0 Å². The molecule has 1 heterocycles. The monoisotopic (exact) mass is 256 g/mol. The maximum atomic E-state index is 11.8. The summed E-state index contributed by atoms with van der Waals surface area (Å²) >= 11 is 0. The maximum absolute atomic E-state index is 11.8. The van der Waals surface area contributed by atoms with E-state index in [4.69, 9.17) is 5.73 Å². The number of nitrogens with two attached hydrogens (primary N) is 1. The first kappa shape index (κ1) is 13.3. The number of benzene rings is 1. The van der Waals surface area contributed by atoms with Gasteiger partial charge in [-0.05, 0) is 17.7 Å². The molecule has 0 bridgehead atoms. The van der Waals surface area contributed by atoms with E-state index in [1.54, 1.807) is 6.92 Å². The van der Waals surface area contributed by atoms with Crippen molar-refractivity contribution in [1.82, 2.24) is 4.90 Å². The summed E-state index contributed by atoms with van der Waals surface area (Å²) in [5.41, 5.74) is 7.11. The smallest absolute Gasteiger partial charge is 0.232 e. The Morgan fingerprint density at radius 2 is 2.00 bits per heavy atom. The number of amides is 2. The molecule has 0 aromatic heterocycles. The SMILES string of the molecule is CC1CC(=O)N(Cc2ccc(C#CCN)cc2)C1=O. The van der Waals surface area contributed by atoms with Gasteiger partial charge in [-0.2, -0.15) is 0 Å². The van der Waals surface area contributed by atoms with Crippen LogP contribution in [-0.4, -0.2) is 23.3 Å². The van der Waals surface area contributed by atoms with Crippen LogP contribution in [0.5, 0.6) is 0 Å². The van der Waals surface area contributed by atoms with Crippen LogP contribution in [0.2, 0.25) is 0 Å². The van der Waals surface area contributed by atoms with E-state index in [-0.39, 0.29) is 17.7 Å². The Labute approximate surface area is 112 Å². The summed E-state index contributed by atoms with van der Waals surface area (Å²) in [5.74, 6) is 5.33. The molecule has 0 radical (unpaired) electrons. The Bertz CT molecular complexity index is 552. The number of hydrogen-bond acceptors (Lipinski definition) is 3. The fourth-order valence-corrected chi connectivity index (χ4v) is 2.04. The van der Waals surface area contributed by atoms with E-state index in [2.05, 4.69) is 11.8 Å². The van der Waals surface area contributed by atoms with Crippen LogP contribution in [0.3, 0.4) is 0 Å². The molecule has 1 unspecified atom stereocenters. The van der Waals surface area contributed by atoms with E-state index in [9.17, 15) is 9.59 Å². The zero-order valence-electron chi connectivity index (χ0n) is 10.8. The number of nitrogens with zero attached hydrogens (tertiary/aromatic N) is 1. The zero-order valence-corrected chi connectivity index (χ0v) is 10.8. The van der Waals surface area contributed by atoms with Gasteiger partial charge in [0.25, 0.3) is 0 Å². The molecular weight excluding hydrogens is 240 g/mol. The predicted octanol–water partition coefficient (Wildman–Crippen LogP) is 0.892. The third-order valence-corrected chi connectivity index (χ3v) is 3.10. The summed E-state index contributed by atoms with van der Waals surface area (Å²) in [6.45, 7) is 2.45. The molecule has 1 aliphatic rings. The first-order valence-electron chi connectivity index (χ1n) is 6.24. The van der Waals surface area contributed by atoms with Crippen molar-refractivity contribution in [2.75, 3.05) is 6.54 Å². The topological polar surface area (TPSA) is 63.4 Å². The van der Waals surface area contributed by atoms with Gasteiger partial charge in [0.15, 0.2) is 0 Å². The van der Waals surface area contributed by atoms with Crippen LogP contribution in [-0.2, 0) is 16.1 Å². The van der Waals surface area contributed by atoms with Crippen LogP contribution < -0.4 is 5.73 Å². The molecule has 4 heteroatoms. The van der Waals surface area contributed by atoms with Gasteiger partial charge in [-0.25, -0.2) is 0 Å². The normalized spacial score (nSPS) is 18.4. The van der Waals surface area contributed by atoms with Crippen LogP contribution in [0.1, 0.15) is 24.5 Å². The highest BCUT2D eigenvalue weighted by Crippen LogP contribution is 2.21. The highest BCUT2D eigenvalue weighted by Gasteiger charge is 2.35. The van der Waals surface area contributed by atoms with Gasteiger partial charge in [-0.15, -0.1) is 0 Å². The molecule has 2 rings (SSSR count). The molecule has 19 heavy (non-hydrogen) atoms. The van der Waals surface area contributed by atoms with Gasteiger partial charge in [-0.3, -0.25) is 14.5 Å². The van der Waals surface area contributed by atoms with Crippen LogP contribution in [0, 0.1) is 17.8 Å². The molecule has 1 saturated heterocycles. The molecule has 2 N–H and O–H groups in total. The molecule has 4 nitrogen and oxygen atoms in total. The zero-order chi connectivity index (χ0) is 13.8. The van der Waals surface area contributed by atoms with Crippen molar-refractivity contribution >= 4 is 11.8 Å². The molecule has 98 valence electrons. The minimum Gasteiger partial charge on any atom is -0.320 e. The minimum atomic E-state index is -0.192. The van der Waals surface area contributed by atoms with Gasteiger partial charge in [0, 0.05) is 17.9 Å². The van der Waals surface area contributed by atoms with Crippen LogP contribution in [0.4, 0.5) is 0 Å². The van der Waals surface area contributed by atoms with Gasteiger partial charge in [0.05, 0.1) is 13.1 Å². The first-order chi connectivity index (χ1) is 9.11. The molecule has 1 aromatic carbocycles. The Hall–Kier alpha value is -2.12. The molecule has 1 fully saturated rings. The summed E-state index contributed by atoms with van der Waals surface area (Å²) in [6.07, 6.45) is 0.318. The lowest BCUT2D eigenvalue weighted by molar-refractivity contribution is -0.139. The lowest BCUT2D eigenvalue weighted by atomic mass is 10.1. The number of carbonyl (C=O) groups is 2. The van der Waals surface area contributed by atoms with Crippen molar-refractivity contribution in [2.24, 2.45) is 11.7 Å². The number of hydrogen-bond donors (Lipinski definition) is 1. The molecule has 1 atom stereocenters. The Kier molecular flexibility index (Phi) is 3.98. The standard InChI is InChI=1S/C15H16N2O2/c1-11-9-14(18)17(15(11)19)10-13-6-4-12(5-7-13)3-2-8-16/h4-7,11H,8-10,16H2,1H3. The lowest BCUT2D eigenvalue weighted by Crippen LogP contribution is -2.29. The first-order valence-corrected chi connectivity index (χ1v) is 6.24. The maximum Gasteiger partial charge on any atom is 0.232 e. The second-order valence-corrected chi connectivity index (χ2v) is 4.63. The Morgan fingerprint density at radius 3 is 2.53 bits per heavy atom. The highest BCUT2D eigenvalue weighted by molar-refractivity contribution is 6.03. The number of rotatable bonds is 2. The number of carbonyl (C=O) groups excluding carboxylic acids is 2. The van der Waals surface area contributed by atoms with Crippen molar-refractivity contribution < 1.29 is 9.59 Å². The number of likely N-dealkylation sites (tertiary alicyclic amines) is 1.